The minimum absolute atomic E-state index is 0.0170. The van der Waals surface area contributed by atoms with Crippen molar-refractivity contribution in [3.8, 4) is 0 Å². The van der Waals surface area contributed by atoms with Gasteiger partial charge in [0.25, 0.3) is 11.6 Å². The lowest BCUT2D eigenvalue weighted by atomic mass is 9.95. The Hall–Kier alpha value is -1.43. The summed E-state index contributed by atoms with van der Waals surface area (Å²) in [5, 5.41) is 13.9. The molecule has 1 amide bonds. The van der Waals surface area contributed by atoms with Crippen LogP contribution in [0, 0.1) is 17.0 Å². The summed E-state index contributed by atoms with van der Waals surface area (Å²) in [6, 6.07) is 4.69. The SMILES string of the molecule is Cc1c(C(=O)NC2CCCCC2Br)cccc1[N+](=O)[O-]. The minimum atomic E-state index is -0.458. The lowest BCUT2D eigenvalue weighted by Crippen LogP contribution is -2.42. The number of carbonyl (C=O) groups is 1. The molecule has 2 rings (SSSR count). The van der Waals surface area contributed by atoms with E-state index < -0.39 is 4.92 Å². The van der Waals surface area contributed by atoms with Crippen molar-refractivity contribution in [1.29, 1.82) is 0 Å². The molecule has 0 saturated heterocycles. The molecule has 1 aliphatic rings. The number of amides is 1. The highest BCUT2D eigenvalue weighted by molar-refractivity contribution is 9.09. The summed E-state index contributed by atoms with van der Waals surface area (Å²) in [5.74, 6) is -0.234. The molecule has 2 atom stereocenters. The van der Waals surface area contributed by atoms with Crippen LogP contribution in [0.3, 0.4) is 0 Å². The fourth-order valence-electron chi connectivity index (χ4n) is 2.56. The highest BCUT2D eigenvalue weighted by Gasteiger charge is 2.26. The zero-order chi connectivity index (χ0) is 14.7. The van der Waals surface area contributed by atoms with Gasteiger partial charge in [0, 0.05) is 28.1 Å². The molecule has 0 bridgehead atoms. The van der Waals surface area contributed by atoms with Gasteiger partial charge in [0.2, 0.25) is 0 Å². The lowest BCUT2D eigenvalue weighted by molar-refractivity contribution is -0.385. The Bertz CT molecular complexity index is 533. The van der Waals surface area contributed by atoms with Crippen LogP contribution in [0.15, 0.2) is 18.2 Å². The predicted molar refractivity (Wildman–Crippen MR) is 80.3 cm³/mol. The molecule has 20 heavy (non-hydrogen) atoms. The summed E-state index contributed by atoms with van der Waals surface area (Å²) in [7, 11) is 0. The van der Waals surface area contributed by atoms with Crippen molar-refractivity contribution in [1.82, 2.24) is 5.32 Å². The van der Waals surface area contributed by atoms with E-state index in [1.165, 1.54) is 6.07 Å². The van der Waals surface area contributed by atoms with Crippen molar-refractivity contribution >= 4 is 27.5 Å². The summed E-state index contributed by atoms with van der Waals surface area (Å²) in [5.41, 5.74) is 0.776. The lowest BCUT2D eigenvalue weighted by Gasteiger charge is -2.28. The van der Waals surface area contributed by atoms with Crippen LogP contribution in [0.5, 0.6) is 0 Å². The second-order valence-corrected chi connectivity index (χ2v) is 6.26. The topological polar surface area (TPSA) is 72.2 Å². The van der Waals surface area contributed by atoms with Gasteiger partial charge in [-0.2, -0.15) is 0 Å². The van der Waals surface area contributed by atoms with E-state index >= 15 is 0 Å². The van der Waals surface area contributed by atoms with Gasteiger partial charge in [-0.3, -0.25) is 14.9 Å². The standard InChI is InChI=1S/C14H17BrN2O3/c1-9-10(5-4-8-13(9)17(19)20)14(18)16-12-7-3-2-6-11(12)15/h4-5,8,11-12H,2-3,6-7H2,1H3,(H,16,18). The molecule has 2 unspecified atom stereocenters. The van der Waals surface area contributed by atoms with Gasteiger partial charge < -0.3 is 5.32 Å². The number of nitrogens with one attached hydrogen (secondary N) is 1. The summed E-state index contributed by atoms with van der Waals surface area (Å²) in [6.07, 6.45) is 4.24. The number of alkyl halides is 1. The van der Waals surface area contributed by atoms with Gasteiger partial charge in [-0.25, -0.2) is 0 Å². The molecule has 0 spiro atoms. The first kappa shape index (κ1) is 15.0. The Morgan fingerprint density at radius 2 is 2.10 bits per heavy atom. The third-order valence-electron chi connectivity index (χ3n) is 3.74. The fourth-order valence-corrected chi connectivity index (χ4v) is 3.28. The van der Waals surface area contributed by atoms with Crippen LogP contribution in [0.25, 0.3) is 0 Å². The van der Waals surface area contributed by atoms with Crippen molar-refractivity contribution in [2.24, 2.45) is 0 Å². The third-order valence-corrected chi connectivity index (χ3v) is 4.84. The van der Waals surface area contributed by atoms with Gasteiger partial charge in [0.05, 0.1) is 4.92 Å². The van der Waals surface area contributed by atoms with Crippen LogP contribution in [0.1, 0.15) is 41.6 Å². The van der Waals surface area contributed by atoms with Gasteiger partial charge in [-0.15, -0.1) is 0 Å². The maximum Gasteiger partial charge on any atom is 0.273 e. The molecule has 1 saturated carbocycles. The molecule has 0 aromatic heterocycles. The molecule has 108 valence electrons. The van der Waals surface area contributed by atoms with Crippen LogP contribution in [0.2, 0.25) is 0 Å². The number of nitro groups is 1. The maximum absolute atomic E-state index is 12.3. The molecule has 0 aliphatic heterocycles. The van der Waals surface area contributed by atoms with Gasteiger partial charge in [-0.05, 0) is 25.8 Å². The zero-order valence-electron chi connectivity index (χ0n) is 11.3. The molecule has 1 aromatic rings. The average molecular weight is 341 g/mol. The smallest absolute Gasteiger partial charge is 0.273 e. The highest BCUT2D eigenvalue weighted by Crippen LogP contribution is 2.26. The molecule has 1 N–H and O–H groups in total. The van der Waals surface area contributed by atoms with Crippen molar-refractivity contribution in [2.45, 2.75) is 43.5 Å². The Morgan fingerprint density at radius 3 is 2.75 bits per heavy atom. The predicted octanol–water partition coefficient (Wildman–Crippen LogP) is 3.34. The first-order valence-electron chi connectivity index (χ1n) is 6.69. The van der Waals surface area contributed by atoms with E-state index in [4.69, 9.17) is 0 Å². The number of halogens is 1. The largest absolute Gasteiger partial charge is 0.348 e. The molecule has 0 radical (unpaired) electrons. The van der Waals surface area contributed by atoms with Crippen LogP contribution in [-0.4, -0.2) is 21.7 Å². The molecular weight excluding hydrogens is 324 g/mol. The number of hydrogen-bond donors (Lipinski definition) is 1. The average Bonchev–Trinajstić information content (AvgIpc) is 2.41. The third kappa shape index (κ3) is 3.17. The van der Waals surface area contributed by atoms with Crippen molar-refractivity contribution in [3.63, 3.8) is 0 Å². The van der Waals surface area contributed by atoms with Crippen molar-refractivity contribution in [3.05, 3.63) is 39.4 Å². The van der Waals surface area contributed by atoms with Crippen LogP contribution < -0.4 is 5.32 Å². The van der Waals surface area contributed by atoms with Crippen LogP contribution in [0.4, 0.5) is 5.69 Å². The van der Waals surface area contributed by atoms with Crippen molar-refractivity contribution in [2.75, 3.05) is 0 Å². The molecule has 0 heterocycles. The highest BCUT2D eigenvalue weighted by atomic mass is 79.9. The monoisotopic (exact) mass is 340 g/mol. The molecule has 1 fully saturated rings. The normalized spacial score (nSPS) is 22.3. The van der Waals surface area contributed by atoms with E-state index in [0.717, 1.165) is 25.7 Å². The Labute approximate surface area is 126 Å². The zero-order valence-corrected chi connectivity index (χ0v) is 12.9. The van der Waals surface area contributed by atoms with Gasteiger partial charge in [0.1, 0.15) is 0 Å². The molecular formula is C14H17BrN2O3. The number of rotatable bonds is 3. The minimum Gasteiger partial charge on any atom is -0.348 e. The fraction of sp³-hybridized carbons (Fsp3) is 0.500. The van der Waals surface area contributed by atoms with Gasteiger partial charge in [0.15, 0.2) is 0 Å². The Balaban J connectivity index is 2.17. The van der Waals surface area contributed by atoms with Gasteiger partial charge in [-0.1, -0.05) is 34.8 Å². The Kier molecular flexibility index (Phi) is 4.75. The van der Waals surface area contributed by atoms with E-state index in [1.54, 1.807) is 19.1 Å². The molecule has 1 aliphatic carbocycles. The summed E-state index contributed by atoms with van der Waals surface area (Å²) in [6.45, 7) is 1.61. The second-order valence-electron chi connectivity index (χ2n) is 5.09. The van der Waals surface area contributed by atoms with Crippen LogP contribution in [-0.2, 0) is 0 Å². The maximum atomic E-state index is 12.3. The first-order chi connectivity index (χ1) is 9.50. The quantitative estimate of drug-likeness (QED) is 0.521. The van der Waals surface area contributed by atoms with Crippen LogP contribution >= 0.6 is 15.9 Å². The number of nitrogens with zero attached hydrogens (tertiary/aromatic N) is 1. The van der Waals surface area contributed by atoms with E-state index in [9.17, 15) is 14.9 Å². The number of nitro benzene ring substituents is 1. The Morgan fingerprint density at radius 1 is 1.40 bits per heavy atom. The first-order valence-corrected chi connectivity index (χ1v) is 7.61. The summed E-state index contributed by atoms with van der Waals surface area (Å²) >= 11 is 3.59. The van der Waals surface area contributed by atoms with Gasteiger partial charge >= 0.3 is 0 Å². The molecule has 6 heteroatoms. The number of hydrogen-bond acceptors (Lipinski definition) is 3. The summed E-state index contributed by atoms with van der Waals surface area (Å²) < 4.78 is 0. The van der Waals surface area contributed by atoms with E-state index in [0.29, 0.717) is 11.1 Å². The number of carbonyl (C=O) groups excluding carboxylic acids is 1. The molecule has 5 nitrogen and oxygen atoms in total. The van der Waals surface area contributed by atoms with E-state index in [-0.39, 0.29) is 22.5 Å². The second kappa shape index (κ2) is 6.35. The number of benzene rings is 1. The molecule has 1 aromatic carbocycles. The van der Waals surface area contributed by atoms with E-state index in [2.05, 4.69) is 21.2 Å². The van der Waals surface area contributed by atoms with Crippen molar-refractivity contribution < 1.29 is 9.72 Å². The summed E-state index contributed by atoms with van der Waals surface area (Å²) in [4.78, 5) is 23.0. The van der Waals surface area contributed by atoms with E-state index in [1.807, 2.05) is 0 Å².